The van der Waals surface area contributed by atoms with E-state index in [1.165, 1.54) is 29.4 Å². The Kier molecular flexibility index (Phi) is 7.81. The van der Waals surface area contributed by atoms with Crippen LogP contribution in [0, 0.1) is 0 Å². The third kappa shape index (κ3) is 6.38. The Morgan fingerprint density at radius 1 is 0.296 bits per heavy atom. The molecule has 6 heterocycles. The Bertz CT molecular complexity index is 657. The maximum absolute atomic E-state index is 2.24. The SMILES string of the molecule is c1cc2ccc1SCSc1ccc(cc1)SCSc1ccc(cc1)SCS2. The standard InChI is InChI=1S/C21H18S6/c1-2-17-4-3-16(1)22-13-24-18-5-7-20(8-6-18)26-15-27-21-11-9-19(10-12-21)25-14-23-17/h1-12H,13-15H2. The molecule has 0 saturated heterocycles. The van der Waals surface area contributed by atoms with E-state index >= 15 is 0 Å². The van der Waals surface area contributed by atoms with E-state index in [4.69, 9.17) is 0 Å². The van der Waals surface area contributed by atoms with E-state index in [2.05, 4.69) is 72.8 Å². The summed E-state index contributed by atoms with van der Waals surface area (Å²) < 4.78 is 0. The zero-order chi connectivity index (χ0) is 18.3. The topological polar surface area (TPSA) is 0 Å². The van der Waals surface area contributed by atoms with Crippen molar-refractivity contribution in [2.75, 3.05) is 15.3 Å². The van der Waals surface area contributed by atoms with Gasteiger partial charge in [-0.3, -0.25) is 0 Å². The molecule has 0 atom stereocenters. The van der Waals surface area contributed by atoms with Crippen LogP contribution in [0.25, 0.3) is 0 Å². The average molecular weight is 463 g/mol. The molecule has 27 heavy (non-hydrogen) atoms. The highest BCUT2D eigenvalue weighted by molar-refractivity contribution is 8.16. The highest BCUT2D eigenvalue weighted by Crippen LogP contribution is 2.34. The van der Waals surface area contributed by atoms with Gasteiger partial charge in [-0.1, -0.05) is 0 Å². The summed E-state index contributed by atoms with van der Waals surface area (Å²) in [5.41, 5.74) is 0. The second-order valence-corrected chi connectivity index (χ2v) is 13.0. The zero-order valence-electron chi connectivity index (χ0n) is 14.5. The molecule has 6 heteroatoms. The van der Waals surface area contributed by atoms with Crippen molar-refractivity contribution >= 4 is 70.6 Å². The smallest absolute Gasteiger partial charge is 0.0486 e. The molecule has 0 nitrogen and oxygen atoms in total. The molecule has 0 spiro atoms. The predicted octanol–water partition coefficient (Wildman–Crippen LogP) is 8.53. The van der Waals surface area contributed by atoms with E-state index in [0.29, 0.717) is 0 Å². The van der Waals surface area contributed by atoms with Crippen molar-refractivity contribution in [3.8, 4) is 0 Å². The highest BCUT2D eigenvalue weighted by atomic mass is 32.2. The van der Waals surface area contributed by atoms with Crippen LogP contribution in [0.1, 0.15) is 0 Å². The van der Waals surface area contributed by atoms with Gasteiger partial charge in [0.15, 0.2) is 0 Å². The van der Waals surface area contributed by atoms with E-state index in [1.54, 1.807) is 0 Å². The van der Waals surface area contributed by atoms with Crippen molar-refractivity contribution in [1.82, 2.24) is 0 Å². The fourth-order valence-electron chi connectivity index (χ4n) is 2.39. The minimum atomic E-state index is 1.04. The van der Waals surface area contributed by atoms with Crippen LogP contribution >= 0.6 is 70.6 Å². The van der Waals surface area contributed by atoms with Gasteiger partial charge in [-0.2, -0.15) is 0 Å². The first-order valence-corrected chi connectivity index (χ1v) is 14.3. The summed E-state index contributed by atoms with van der Waals surface area (Å²) in [6.07, 6.45) is 0. The van der Waals surface area contributed by atoms with Gasteiger partial charge in [0.2, 0.25) is 0 Å². The Labute approximate surface area is 186 Å². The quantitative estimate of drug-likeness (QED) is 0.326. The maximum atomic E-state index is 2.24. The summed E-state index contributed by atoms with van der Waals surface area (Å²) in [5, 5.41) is 3.12. The summed E-state index contributed by atoms with van der Waals surface area (Å²) >= 11 is 11.4. The summed E-state index contributed by atoms with van der Waals surface area (Å²) in [7, 11) is 0. The van der Waals surface area contributed by atoms with Crippen LogP contribution in [0.4, 0.5) is 0 Å². The van der Waals surface area contributed by atoms with Crippen LogP contribution in [0.5, 0.6) is 0 Å². The van der Waals surface area contributed by atoms with Gasteiger partial charge in [0.05, 0.1) is 0 Å². The molecule has 0 aliphatic carbocycles. The first-order chi connectivity index (χ1) is 13.3. The molecular formula is C21H18S6. The van der Waals surface area contributed by atoms with Gasteiger partial charge in [-0.25, -0.2) is 0 Å². The normalized spacial score (nSPS) is 15.6. The van der Waals surface area contributed by atoms with Crippen molar-refractivity contribution in [3.05, 3.63) is 72.8 Å². The largest absolute Gasteiger partial charge is 0.115 e. The number of hydrogen-bond donors (Lipinski definition) is 0. The Morgan fingerprint density at radius 2 is 0.444 bits per heavy atom. The molecule has 6 aliphatic rings. The molecule has 0 N–H and O–H groups in total. The predicted molar refractivity (Wildman–Crippen MR) is 129 cm³/mol. The Hall–Kier alpha value is -0.240. The molecule has 0 fully saturated rings. The second kappa shape index (κ2) is 10.5. The third-order valence-electron chi connectivity index (χ3n) is 3.82. The molecule has 0 aromatic heterocycles. The van der Waals surface area contributed by atoms with Crippen molar-refractivity contribution in [3.63, 3.8) is 0 Å². The van der Waals surface area contributed by atoms with Crippen molar-refractivity contribution < 1.29 is 0 Å². The van der Waals surface area contributed by atoms with E-state index in [0.717, 1.165) is 15.3 Å². The third-order valence-corrected chi connectivity index (χ3v) is 10.3. The average Bonchev–Trinajstić information content (AvgIpc) is 2.71. The maximum Gasteiger partial charge on any atom is 0.0486 e. The second-order valence-electron chi connectivity index (χ2n) is 5.63. The van der Waals surface area contributed by atoms with Crippen molar-refractivity contribution in [2.45, 2.75) is 29.4 Å². The zero-order valence-corrected chi connectivity index (χ0v) is 19.4. The molecular weight excluding hydrogens is 445 g/mol. The van der Waals surface area contributed by atoms with Crippen LogP contribution in [0.15, 0.2) is 102 Å². The minimum Gasteiger partial charge on any atom is -0.115 e. The Morgan fingerprint density at radius 3 is 0.593 bits per heavy atom. The van der Waals surface area contributed by atoms with Gasteiger partial charge in [0, 0.05) is 44.6 Å². The van der Waals surface area contributed by atoms with Crippen molar-refractivity contribution in [1.29, 1.82) is 0 Å². The van der Waals surface area contributed by atoms with E-state index < -0.39 is 0 Å². The first-order valence-electron chi connectivity index (χ1n) is 8.42. The number of thioether (sulfide) groups is 6. The van der Waals surface area contributed by atoms with E-state index in [-0.39, 0.29) is 0 Å². The molecule has 0 saturated carbocycles. The van der Waals surface area contributed by atoms with Gasteiger partial charge in [-0.05, 0) is 72.8 Å². The van der Waals surface area contributed by atoms with Gasteiger partial charge >= 0.3 is 0 Å². The lowest BCUT2D eigenvalue weighted by Crippen LogP contribution is -1.78. The molecule has 3 aromatic carbocycles. The lowest BCUT2D eigenvalue weighted by atomic mass is 10.4. The number of benzene rings is 3. The summed E-state index contributed by atoms with van der Waals surface area (Å²) in [5.74, 6) is 0. The minimum absolute atomic E-state index is 1.04. The van der Waals surface area contributed by atoms with Gasteiger partial charge in [-0.15, -0.1) is 70.6 Å². The van der Waals surface area contributed by atoms with E-state index in [1.807, 2.05) is 70.6 Å². The van der Waals surface area contributed by atoms with Gasteiger partial charge < -0.3 is 0 Å². The first kappa shape index (κ1) is 20.0. The molecule has 3 aromatic rings. The van der Waals surface area contributed by atoms with Gasteiger partial charge in [0.25, 0.3) is 0 Å². The van der Waals surface area contributed by atoms with Crippen LogP contribution in [-0.4, -0.2) is 15.3 Å². The van der Waals surface area contributed by atoms with E-state index in [9.17, 15) is 0 Å². The lowest BCUT2D eigenvalue weighted by Gasteiger charge is -2.05. The van der Waals surface area contributed by atoms with Crippen LogP contribution < -0.4 is 0 Å². The summed E-state index contributed by atoms with van der Waals surface area (Å²) in [6, 6.07) is 26.9. The molecule has 0 radical (unpaired) electrons. The fraction of sp³-hybridized carbons (Fsp3) is 0.143. The lowest BCUT2D eigenvalue weighted by molar-refractivity contribution is 1.35. The number of hydrogen-bond acceptors (Lipinski definition) is 6. The summed E-state index contributed by atoms with van der Waals surface area (Å²) in [4.78, 5) is 8.03. The van der Waals surface area contributed by atoms with Crippen LogP contribution in [0.3, 0.4) is 0 Å². The fourth-order valence-corrected chi connectivity index (χ4v) is 8.34. The molecule has 6 bridgehead atoms. The van der Waals surface area contributed by atoms with Crippen molar-refractivity contribution in [2.24, 2.45) is 0 Å². The van der Waals surface area contributed by atoms with Crippen LogP contribution in [-0.2, 0) is 0 Å². The van der Waals surface area contributed by atoms with Gasteiger partial charge in [0.1, 0.15) is 0 Å². The molecule has 6 aliphatic heterocycles. The summed E-state index contributed by atoms with van der Waals surface area (Å²) in [6.45, 7) is 0. The van der Waals surface area contributed by atoms with Crippen LogP contribution in [0.2, 0.25) is 0 Å². The molecule has 9 rings (SSSR count). The monoisotopic (exact) mass is 462 g/mol. The Balaban J connectivity index is 1.48. The highest BCUT2D eigenvalue weighted by Gasteiger charge is 2.03. The molecule has 0 unspecified atom stereocenters. The molecule has 138 valence electrons. The molecule has 0 amide bonds. The number of rotatable bonds is 0.